The number of phenols is 1. The Morgan fingerprint density at radius 3 is 3.12 bits per heavy atom. The molecule has 1 unspecified atom stereocenters. The summed E-state index contributed by atoms with van der Waals surface area (Å²) in [5, 5.41) is 13.2. The lowest BCUT2D eigenvalue weighted by molar-refractivity contribution is 0.184. The van der Waals surface area contributed by atoms with E-state index in [1.165, 1.54) is 6.42 Å². The molecular formula is C14H21NO2. The monoisotopic (exact) mass is 235 g/mol. The fraction of sp³-hybridized carbons (Fsp3) is 0.571. The van der Waals surface area contributed by atoms with Gasteiger partial charge in [-0.2, -0.15) is 0 Å². The van der Waals surface area contributed by atoms with Crippen molar-refractivity contribution in [3.05, 3.63) is 29.3 Å². The predicted molar refractivity (Wildman–Crippen MR) is 68.1 cm³/mol. The Bertz CT molecular complexity index is 359. The van der Waals surface area contributed by atoms with E-state index in [9.17, 15) is 5.11 Å². The minimum atomic E-state index is 0.421. The molecule has 1 atom stereocenters. The number of para-hydroxylation sites is 1. The van der Waals surface area contributed by atoms with Gasteiger partial charge in [0.25, 0.3) is 0 Å². The van der Waals surface area contributed by atoms with Crippen LogP contribution in [0.15, 0.2) is 18.2 Å². The molecule has 1 aliphatic rings. The third-order valence-electron chi connectivity index (χ3n) is 3.39. The fourth-order valence-corrected chi connectivity index (χ4v) is 2.20. The van der Waals surface area contributed by atoms with Crippen LogP contribution in [0.1, 0.15) is 24.0 Å². The van der Waals surface area contributed by atoms with Crippen molar-refractivity contribution in [1.82, 2.24) is 5.32 Å². The molecule has 0 spiro atoms. The first-order chi connectivity index (χ1) is 8.27. The Labute approximate surface area is 103 Å². The highest BCUT2D eigenvalue weighted by molar-refractivity contribution is 5.39. The van der Waals surface area contributed by atoms with Gasteiger partial charge in [-0.25, -0.2) is 0 Å². The molecule has 2 rings (SSSR count). The molecule has 0 saturated carbocycles. The molecule has 3 heteroatoms. The number of nitrogens with one attached hydrogen (secondary N) is 1. The number of phenolic OH excluding ortho intramolecular Hbond substituents is 1. The first-order valence-corrected chi connectivity index (χ1v) is 6.33. The van der Waals surface area contributed by atoms with E-state index in [2.05, 4.69) is 5.32 Å². The van der Waals surface area contributed by atoms with Crippen LogP contribution in [0.3, 0.4) is 0 Å². The van der Waals surface area contributed by atoms with Gasteiger partial charge in [0.15, 0.2) is 0 Å². The average molecular weight is 235 g/mol. The third kappa shape index (κ3) is 3.45. The molecule has 1 aromatic carbocycles. The van der Waals surface area contributed by atoms with Gasteiger partial charge in [0.1, 0.15) is 5.75 Å². The lowest BCUT2D eigenvalue weighted by Gasteiger charge is -2.10. The molecule has 1 aliphatic heterocycles. The van der Waals surface area contributed by atoms with E-state index in [1.54, 1.807) is 0 Å². The smallest absolute Gasteiger partial charge is 0.122 e. The normalized spacial score (nSPS) is 19.7. The van der Waals surface area contributed by atoms with E-state index >= 15 is 0 Å². The largest absolute Gasteiger partial charge is 0.507 e. The molecule has 0 radical (unpaired) electrons. The van der Waals surface area contributed by atoms with E-state index in [4.69, 9.17) is 4.74 Å². The van der Waals surface area contributed by atoms with Crippen molar-refractivity contribution in [2.45, 2.75) is 26.3 Å². The summed E-state index contributed by atoms with van der Waals surface area (Å²) in [5.74, 6) is 1.14. The Kier molecular flexibility index (Phi) is 4.40. The van der Waals surface area contributed by atoms with Crippen LogP contribution in [-0.2, 0) is 11.3 Å². The number of ether oxygens (including phenoxy) is 1. The standard InChI is InChI=1S/C14H21NO2/c1-11-3-2-4-13(14(11)16)9-15-7-5-12-6-8-17-10-12/h2-4,12,15-16H,5-10H2,1H3. The number of hydrogen-bond donors (Lipinski definition) is 2. The number of benzene rings is 1. The Hall–Kier alpha value is -1.06. The molecule has 17 heavy (non-hydrogen) atoms. The first kappa shape index (κ1) is 12.4. The van der Waals surface area contributed by atoms with Crippen LogP contribution >= 0.6 is 0 Å². The summed E-state index contributed by atoms with van der Waals surface area (Å²) in [6, 6.07) is 5.87. The molecule has 1 aromatic rings. The highest BCUT2D eigenvalue weighted by atomic mass is 16.5. The zero-order chi connectivity index (χ0) is 12.1. The predicted octanol–water partition coefficient (Wildman–Crippen LogP) is 2.22. The molecule has 1 heterocycles. The van der Waals surface area contributed by atoms with Crippen LogP contribution in [0.25, 0.3) is 0 Å². The summed E-state index contributed by atoms with van der Waals surface area (Å²) in [5.41, 5.74) is 1.92. The second-order valence-electron chi connectivity index (χ2n) is 4.78. The molecular weight excluding hydrogens is 214 g/mol. The van der Waals surface area contributed by atoms with E-state index in [0.717, 1.165) is 43.9 Å². The number of aryl methyl sites for hydroxylation is 1. The Balaban J connectivity index is 1.72. The SMILES string of the molecule is Cc1cccc(CNCCC2CCOC2)c1O. The minimum absolute atomic E-state index is 0.421. The lowest BCUT2D eigenvalue weighted by atomic mass is 10.1. The van der Waals surface area contributed by atoms with Crippen molar-refractivity contribution in [1.29, 1.82) is 0 Å². The van der Waals surface area contributed by atoms with E-state index in [1.807, 2.05) is 25.1 Å². The van der Waals surface area contributed by atoms with Crippen LogP contribution in [0, 0.1) is 12.8 Å². The minimum Gasteiger partial charge on any atom is -0.507 e. The summed E-state index contributed by atoms with van der Waals surface area (Å²) < 4.78 is 5.34. The summed E-state index contributed by atoms with van der Waals surface area (Å²) in [6.45, 7) is 5.48. The van der Waals surface area contributed by atoms with Crippen LogP contribution in [0.2, 0.25) is 0 Å². The van der Waals surface area contributed by atoms with Crippen LogP contribution < -0.4 is 5.32 Å². The van der Waals surface area contributed by atoms with E-state index in [-0.39, 0.29) is 0 Å². The zero-order valence-corrected chi connectivity index (χ0v) is 10.4. The zero-order valence-electron chi connectivity index (χ0n) is 10.4. The molecule has 3 nitrogen and oxygen atoms in total. The summed E-state index contributed by atoms with van der Waals surface area (Å²) in [4.78, 5) is 0. The maximum atomic E-state index is 9.85. The van der Waals surface area contributed by atoms with Crippen molar-refractivity contribution in [2.75, 3.05) is 19.8 Å². The number of aromatic hydroxyl groups is 1. The summed E-state index contributed by atoms with van der Waals surface area (Å²) in [7, 11) is 0. The van der Waals surface area contributed by atoms with Gasteiger partial charge in [0.2, 0.25) is 0 Å². The first-order valence-electron chi connectivity index (χ1n) is 6.33. The molecule has 0 amide bonds. The maximum Gasteiger partial charge on any atom is 0.122 e. The van der Waals surface area contributed by atoms with Crippen molar-refractivity contribution in [3.63, 3.8) is 0 Å². The molecule has 0 bridgehead atoms. The molecule has 0 aromatic heterocycles. The van der Waals surface area contributed by atoms with E-state index < -0.39 is 0 Å². The Morgan fingerprint density at radius 1 is 1.47 bits per heavy atom. The molecule has 0 aliphatic carbocycles. The highest BCUT2D eigenvalue weighted by Crippen LogP contribution is 2.21. The van der Waals surface area contributed by atoms with Gasteiger partial charge < -0.3 is 15.2 Å². The summed E-state index contributed by atoms with van der Waals surface area (Å²) >= 11 is 0. The molecule has 2 N–H and O–H groups in total. The topological polar surface area (TPSA) is 41.5 Å². The van der Waals surface area contributed by atoms with Crippen molar-refractivity contribution in [2.24, 2.45) is 5.92 Å². The quantitative estimate of drug-likeness (QED) is 0.769. The second-order valence-corrected chi connectivity index (χ2v) is 4.78. The number of hydrogen-bond acceptors (Lipinski definition) is 3. The second kappa shape index (κ2) is 6.03. The van der Waals surface area contributed by atoms with E-state index in [0.29, 0.717) is 11.7 Å². The molecule has 1 fully saturated rings. The highest BCUT2D eigenvalue weighted by Gasteiger charge is 2.14. The fourth-order valence-electron chi connectivity index (χ4n) is 2.20. The average Bonchev–Trinajstić information content (AvgIpc) is 2.83. The van der Waals surface area contributed by atoms with Crippen molar-refractivity contribution >= 4 is 0 Å². The molecule has 94 valence electrons. The third-order valence-corrected chi connectivity index (χ3v) is 3.39. The van der Waals surface area contributed by atoms with Crippen LogP contribution in [0.4, 0.5) is 0 Å². The number of rotatable bonds is 5. The van der Waals surface area contributed by atoms with Crippen LogP contribution in [-0.4, -0.2) is 24.9 Å². The summed E-state index contributed by atoms with van der Waals surface area (Å²) in [6.07, 6.45) is 2.35. The van der Waals surface area contributed by atoms with Crippen LogP contribution in [0.5, 0.6) is 5.75 Å². The maximum absolute atomic E-state index is 9.85. The Morgan fingerprint density at radius 2 is 2.35 bits per heavy atom. The van der Waals surface area contributed by atoms with Gasteiger partial charge in [-0.1, -0.05) is 18.2 Å². The van der Waals surface area contributed by atoms with Gasteiger partial charge in [-0.15, -0.1) is 0 Å². The lowest BCUT2D eigenvalue weighted by Crippen LogP contribution is -2.18. The van der Waals surface area contributed by atoms with Gasteiger partial charge in [0, 0.05) is 25.3 Å². The van der Waals surface area contributed by atoms with Gasteiger partial charge >= 0.3 is 0 Å². The van der Waals surface area contributed by atoms with Crippen molar-refractivity contribution < 1.29 is 9.84 Å². The van der Waals surface area contributed by atoms with Gasteiger partial charge in [0.05, 0.1) is 0 Å². The van der Waals surface area contributed by atoms with Gasteiger partial charge in [-0.05, 0) is 37.8 Å². The van der Waals surface area contributed by atoms with Gasteiger partial charge in [-0.3, -0.25) is 0 Å². The van der Waals surface area contributed by atoms with Crippen molar-refractivity contribution in [3.8, 4) is 5.75 Å². The molecule has 1 saturated heterocycles.